The van der Waals surface area contributed by atoms with E-state index in [1.165, 1.54) is 0 Å². The molecule has 0 spiro atoms. The third kappa shape index (κ3) is 2.39. The van der Waals surface area contributed by atoms with Crippen LogP contribution in [0.25, 0.3) is 0 Å². The number of amides is 2. The first-order valence-corrected chi connectivity index (χ1v) is 7.59. The molecule has 0 unspecified atom stereocenters. The Morgan fingerprint density at radius 3 is 2.23 bits per heavy atom. The molecule has 1 aliphatic heterocycles. The van der Waals surface area contributed by atoms with Gasteiger partial charge >= 0.3 is 0 Å². The second kappa shape index (κ2) is 5.52. The van der Waals surface area contributed by atoms with E-state index < -0.39 is 0 Å². The van der Waals surface area contributed by atoms with Gasteiger partial charge in [0.1, 0.15) is 0 Å². The summed E-state index contributed by atoms with van der Waals surface area (Å²) in [5.41, 5.74) is 2.54. The quantitative estimate of drug-likeness (QED) is 0.489. The summed E-state index contributed by atoms with van der Waals surface area (Å²) in [4.78, 5) is 38.4. The van der Waals surface area contributed by atoms with Crippen LogP contribution >= 0.6 is 0 Å². The lowest BCUT2D eigenvalue weighted by Gasteiger charge is -2.14. The fourth-order valence-corrected chi connectivity index (χ4v) is 3.38. The molecule has 0 bridgehead atoms. The fourth-order valence-electron chi connectivity index (χ4n) is 3.38. The maximum absolute atomic E-state index is 12.5. The second-order valence-electron chi connectivity index (χ2n) is 6.16. The molecule has 1 heterocycles. The smallest absolute Gasteiger partial charge is 0.233 e. The molecule has 22 heavy (non-hydrogen) atoms. The Morgan fingerprint density at radius 2 is 1.68 bits per heavy atom. The number of ketones is 1. The first kappa shape index (κ1) is 14.7. The highest BCUT2D eigenvalue weighted by atomic mass is 16.2. The van der Waals surface area contributed by atoms with Crippen LogP contribution in [0.3, 0.4) is 0 Å². The summed E-state index contributed by atoms with van der Waals surface area (Å²) in [6.45, 7) is 3.69. The van der Waals surface area contributed by atoms with Gasteiger partial charge in [0.2, 0.25) is 11.8 Å². The standard InChI is InChI=1S/C18H19NO3/c1-11-7-8-13(12(2)9-11)16(20)10-19-17(21)14-5-3-4-6-15(14)18(19)22/h3-4,7-9,14-15H,5-6,10H2,1-2H3/t14-,15-/m1/s1. The molecule has 3 rings (SSSR count). The average Bonchev–Trinajstić information content (AvgIpc) is 2.73. The van der Waals surface area contributed by atoms with Crippen LogP contribution in [0, 0.1) is 25.7 Å². The third-order valence-corrected chi connectivity index (χ3v) is 4.58. The first-order chi connectivity index (χ1) is 10.5. The minimum Gasteiger partial charge on any atom is -0.292 e. The number of likely N-dealkylation sites (tertiary alicyclic amines) is 1. The zero-order valence-corrected chi connectivity index (χ0v) is 12.8. The molecule has 0 N–H and O–H groups in total. The van der Waals surface area contributed by atoms with Gasteiger partial charge in [-0.1, -0.05) is 35.9 Å². The van der Waals surface area contributed by atoms with Crippen LogP contribution in [-0.4, -0.2) is 29.0 Å². The van der Waals surface area contributed by atoms with Crippen molar-refractivity contribution in [3.05, 3.63) is 47.0 Å². The summed E-state index contributed by atoms with van der Waals surface area (Å²) in [6.07, 6.45) is 5.09. The molecule has 2 aliphatic rings. The SMILES string of the molecule is Cc1ccc(C(=O)CN2C(=O)[C@@H]3CC=CC[C@H]3C2=O)c(C)c1. The monoisotopic (exact) mass is 297 g/mol. The number of benzene rings is 1. The number of carbonyl (C=O) groups excluding carboxylic acids is 3. The number of hydrogen-bond donors (Lipinski definition) is 0. The van der Waals surface area contributed by atoms with Crippen molar-refractivity contribution in [2.45, 2.75) is 26.7 Å². The van der Waals surface area contributed by atoms with Gasteiger partial charge in [-0.05, 0) is 32.3 Å². The lowest BCUT2D eigenvalue weighted by molar-refractivity contribution is -0.139. The maximum Gasteiger partial charge on any atom is 0.233 e. The zero-order chi connectivity index (χ0) is 15.9. The molecule has 1 aliphatic carbocycles. The van der Waals surface area contributed by atoms with Gasteiger partial charge in [0.05, 0.1) is 18.4 Å². The molecule has 4 heteroatoms. The van der Waals surface area contributed by atoms with E-state index >= 15 is 0 Å². The Labute approximate surface area is 129 Å². The Bertz CT molecular complexity index is 664. The highest BCUT2D eigenvalue weighted by Crippen LogP contribution is 2.35. The average molecular weight is 297 g/mol. The summed E-state index contributed by atoms with van der Waals surface area (Å²) in [6, 6.07) is 5.58. The van der Waals surface area contributed by atoms with E-state index in [2.05, 4.69) is 0 Å². The number of fused-ring (bicyclic) bond motifs is 1. The second-order valence-corrected chi connectivity index (χ2v) is 6.16. The molecular formula is C18H19NO3. The Balaban J connectivity index is 1.80. The van der Waals surface area contributed by atoms with Crippen LogP contribution in [0.2, 0.25) is 0 Å². The number of aryl methyl sites for hydroxylation is 2. The molecule has 1 saturated heterocycles. The molecule has 4 nitrogen and oxygen atoms in total. The van der Waals surface area contributed by atoms with Crippen LogP contribution < -0.4 is 0 Å². The van der Waals surface area contributed by atoms with Crippen molar-refractivity contribution in [2.75, 3.05) is 6.54 Å². The van der Waals surface area contributed by atoms with Crippen molar-refractivity contribution < 1.29 is 14.4 Å². The van der Waals surface area contributed by atoms with E-state index in [4.69, 9.17) is 0 Å². The van der Waals surface area contributed by atoms with Crippen LogP contribution in [0.5, 0.6) is 0 Å². The van der Waals surface area contributed by atoms with Gasteiger partial charge in [-0.25, -0.2) is 0 Å². The van der Waals surface area contributed by atoms with Gasteiger partial charge in [0.25, 0.3) is 0 Å². The predicted molar refractivity (Wildman–Crippen MR) is 82.3 cm³/mol. The molecule has 0 radical (unpaired) electrons. The Morgan fingerprint density at radius 1 is 1.09 bits per heavy atom. The molecule has 1 aromatic carbocycles. The van der Waals surface area contributed by atoms with Crippen LogP contribution in [0.4, 0.5) is 0 Å². The molecule has 1 fully saturated rings. The van der Waals surface area contributed by atoms with Crippen molar-refractivity contribution in [2.24, 2.45) is 11.8 Å². The van der Waals surface area contributed by atoms with Crippen LogP contribution in [-0.2, 0) is 9.59 Å². The number of nitrogens with zero attached hydrogens (tertiary/aromatic N) is 1. The maximum atomic E-state index is 12.5. The number of rotatable bonds is 3. The predicted octanol–water partition coefficient (Wildman–Crippen LogP) is 2.44. The number of imide groups is 1. The van der Waals surface area contributed by atoms with E-state index in [1.54, 1.807) is 6.07 Å². The number of hydrogen-bond acceptors (Lipinski definition) is 3. The largest absolute Gasteiger partial charge is 0.292 e. The van der Waals surface area contributed by atoms with E-state index in [1.807, 2.05) is 38.1 Å². The van der Waals surface area contributed by atoms with E-state index in [0.717, 1.165) is 16.0 Å². The van der Waals surface area contributed by atoms with Gasteiger partial charge in [0, 0.05) is 5.56 Å². The number of allylic oxidation sites excluding steroid dienone is 2. The molecular weight excluding hydrogens is 278 g/mol. The lowest BCUT2D eigenvalue weighted by Crippen LogP contribution is -2.36. The van der Waals surface area contributed by atoms with Gasteiger partial charge in [-0.15, -0.1) is 0 Å². The molecule has 2 atom stereocenters. The molecule has 2 amide bonds. The van der Waals surface area contributed by atoms with Gasteiger partial charge in [0.15, 0.2) is 5.78 Å². The normalized spacial score (nSPS) is 23.8. The minimum absolute atomic E-state index is 0.144. The summed E-state index contributed by atoms with van der Waals surface area (Å²) < 4.78 is 0. The summed E-state index contributed by atoms with van der Waals surface area (Å²) in [5, 5.41) is 0. The van der Waals surface area contributed by atoms with Gasteiger partial charge in [-0.3, -0.25) is 19.3 Å². The summed E-state index contributed by atoms with van der Waals surface area (Å²) in [5.74, 6) is -1.12. The van der Waals surface area contributed by atoms with Crippen LogP contribution in [0.1, 0.15) is 34.3 Å². The zero-order valence-electron chi connectivity index (χ0n) is 12.8. The Hall–Kier alpha value is -2.23. The summed E-state index contributed by atoms with van der Waals surface area (Å²) in [7, 11) is 0. The topological polar surface area (TPSA) is 54.5 Å². The van der Waals surface area contributed by atoms with Crippen LogP contribution in [0.15, 0.2) is 30.4 Å². The van der Waals surface area contributed by atoms with E-state index in [-0.39, 0.29) is 36.0 Å². The van der Waals surface area contributed by atoms with Gasteiger partial charge in [-0.2, -0.15) is 0 Å². The molecule has 0 aromatic heterocycles. The van der Waals surface area contributed by atoms with E-state index in [9.17, 15) is 14.4 Å². The van der Waals surface area contributed by atoms with Crippen molar-refractivity contribution in [1.29, 1.82) is 0 Å². The van der Waals surface area contributed by atoms with Crippen molar-refractivity contribution in [1.82, 2.24) is 4.90 Å². The highest BCUT2D eigenvalue weighted by molar-refractivity contribution is 6.10. The lowest BCUT2D eigenvalue weighted by atomic mass is 9.85. The van der Waals surface area contributed by atoms with Crippen molar-refractivity contribution in [3.8, 4) is 0 Å². The first-order valence-electron chi connectivity index (χ1n) is 7.59. The minimum atomic E-state index is -0.274. The molecule has 114 valence electrons. The number of Topliss-reactive ketones (excluding diaryl/α,β-unsaturated/α-hetero) is 1. The highest BCUT2D eigenvalue weighted by Gasteiger charge is 2.47. The van der Waals surface area contributed by atoms with E-state index in [0.29, 0.717) is 18.4 Å². The third-order valence-electron chi connectivity index (χ3n) is 4.58. The Kier molecular flexibility index (Phi) is 3.69. The summed E-state index contributed by atoms with van der Waals surface area (Å²) >= 11 is 0. The number of carbonyl (C=O) groups is 3. The van der Waals surface area contributed by atoms with Crippen molar-refractivity contribution in [3.63, 3.8) is 0 Å². The van der Waals surface area contributed by atoms with Gasteiger partial charge < -0.3 is 0 Å². The fraction of sp³-hybridized carbons (Fsp3) is 0.389. The molecule has 0 saturated carbocycles. The van der Waals surface area contributed by atoms with Crippen molar-refractivity contribution >= 4 is 17.6 Å². The molecule has 1 aromatic rings.